The molecule has 0 amide bonds. The van der Waals surface area contributed by atoms with Gasteiger partial charge in [0.2, 0.25) is 0 Å². The predicted octanol–water partition coefficient (Wildman–Crippen LogP) is 2.81. The Balaban J connectivity index is 2.30. The first-order valence-electron chi connectivity index (χ1n) is 4.53. The summed E-state index contributed by atoms with van der Waals surface area (Å²) >= 11 is 3.39. The molecular formula is C11H11BrO2. The molecule has 2 rings (SSSR count). The highest BCUT2D eigenvalue weighted by atomic mass is 79.9. The molecule has 3 heteroatoms. The van der Waals surface area contributed by atoms with E-state index in [4.69, 9.17) is 5.11 Å². The van der Waals surface area contributed by atoms with Crippen molar-refractivity contribution in [3.8, 4) is 0 Å². The van der Waals surface area contributed by atoms with Crippen LogP contribution < -0.4 is 0 Å². The lowest BCUT2D eigenvalue weighted by Crippen LogP contribution is -2.10. The molecule has 0 bridgehead atoms. The molecule has 1 saturated carbocycles. The first-order chi connectivity index (χ1) is 6.54. The molecule has 0 aromatic heterocycles. The van der Waals surface area contributed by atoms with Crippen molar-refractivity contribution < 1.29 is 9.90 Å². The van der Waals surface area contributed by atoms with Crippen LogP contribution in [0.1, 0.15) is 18.9 Å². The van der Waals surface area contributed by atoms with Crippen LogP contribution in [0.3, 0.4) is 0 Å². The molecule has 74 valence electrons. The van der Waals surface area contributed by atoms with Crippen molar-refractivity contribution in [2.75, 3.05) is 0 Å². The molecule has 1 aliphatic carbocycles. The zero-order valence-electron chi connectivity index (χ0n) is 7.83. The summed E-state index contributed by atoms with van der Waals surface area (Å²) in [6.07, 6.45) is 0.749. The van der Waals surface area contributed by atoms with Gasteiger partial charge in [-0.1, -0.05) is 35.0 Å². The number of carboxylic acids is 1. The second-order valence-corrected chi connectivity index (χ2v) is 4.94. The Labute approximate surface area is 91.1 Å². The molecule has 1 aliphatic rings. The summed E-state index contributed by atoms with van der Waals surface area (Å²) in [5, 5.41) is 8.91. The smallest absolute Gasteiger partial charge is 0.307 e. The summed E-state index contributed by atoms with van der Waals surface area (Å²) in [5.41, 5.74) is 0.953. The van der Waals surface area contributed by atoms with Gasteiger partial charge >= 0.3 is 5.97 Å². The van der Waals surface area contributed by atoms with Crippen molar-refractivity contribution in [2.24, 2.45) is 5.92 Å². The number of carboxylic acid groups (broad SMARTS) is 1. The molecule has 2 unspecified atom stereocenters. The van der Waals surface area contributed by atoms with Gasteiger partial charge in [-0.05, 0) is 24.1 Å². The van der Waals surface area contributed by atoms with Gasteiger partial charge in [-0.15, -0.1) is 0 Å². The normalized spacial score (nSPS) is 30.0. The van der Waals surface area contributed by atoms with Crippen molar-refractivity contribution in [3.05, 3.63) is 34.3 Å². The van der Waals surface area contributed by atoms with Gasteiger partial charge in [-0.3, -0.25) is 4.79 Å². The fourth-order valence-electron chi connectivity index (χ4n) is 1.89. The van der Waals surface area contributed by atoms with E-state index in [9.17, 15) is 4.79 Å². The van der Waals surface area contributed by atoms with Crippen LogP contribution in [0, 0.1) is 5.92 Å². The lowest BCUT2D eigenvalue weighted by atomic mass is 9.96. The number of hydrogen-bond donors (Lipinski definition) is 1. The Bertz CT molecular complexity index is 389. The third-order valence-corrected chi connectivity index (χ3v) is 3.51. The number of aliphatic carboxylic acids is 1. The van der Waals surface area contributed by atoms with Gasteiger partial charge in [0.1, 0.15) is 0 Å². The largest absolute Gasteiger partial charge is 0.481 e. The van der Waals surface area contributed by atoms with Gasteiger partial charge in [0.15, 0.2) is 0 Å². The summed E-state index contributed by atoms with van der Waals surface area (Å²) < 4.78 is 1.01. The number of halogens is 1. The highest BCUT2D eigenvalue weighted by molar-refractivity contribution is 9.10. The predicted molar refractivity (Wildman–Crippen MR) is 57.2 cm³/mol. The zero-order valence-corrected chi connectivity index (χ0v) is 9.41. The number of hydrogen-bond acceptors (Lipinski definition) is 1. The van der Waals surface area contributed by atoms with E-state index in [1.54, 1.807) is 0 Å². The van der Waals surface area contributed by atoms with E-state index in [1.807, 2.05) is 31.2 Å². The maximum atomic E-state index is 10.8. The van der Waals surface area contributed by atoms with Crippen LogP contribution in [0.5, 0.6) is 0 Å². The SMILES string of the molecule is CC1(c2cccc(Br)c2)CC1C(=O)O. The van der Waals surface area contributed by atoms with Crippen LogP contribution in [-0.4, -0.2) is 11.1 Å². The Morgan fingerprint density at radius 1 is 1.64 bits per heavy atom. The lowest BCUT2D eigenvalue weighted by Gasteiger charge is -2.10. The van der Waals surface area contributed by atoms with Gasteiger partial charge in [-0.25, -0.2) is 0 Å². The van der Waals surface area contributed by atoms with Crippen LogP contribution >= 0.6 is 15.9 Å². The summed E-state index contributed by atoms with van der Waals surface area (Å²) in [6, 6.07) is 7.89. The molecule has 1 N–H and O–H groups in total. The maximum absolute atomic E-state index is 10.8. The molecule has 1 aromatic rings. The minimum atomic E-state index is -0.688. The van der Waals surface area contributed by atoms with E-state index in [2.05, 4.69) is 15.9 Å². The second-order valence-electron chi connectivity index (χ2n) is 4.02. The molecule has 1 fully saturated rings. The third kappa shape index (κ3) is 1.46. The third-order valence-electron chi connectivity index (χ3n) is 3.02. The van der Waals surface area contributed by atoms with Gasteiger partial charge in [-0.2, -0.15) is 0 Å². The minimum absolute atomic E-state index is 0.157. The summed E-state index contributed by atoms with van der Waals surface area (Å²) in [4.78, 5) is 10.8. The Morgan fingerprint density at radius 2 is 2.36 bits per heavy atom. The maximum Gasteiger partial charge on any atom is 0.307 e. The summed E-state index contributed by atoms with van der Waals surface area (Å²) in [5.74, 6) is -0.899. The molecule has 0 spiro atoms. The van der Waals surface area contributed by atoms with E-state index in [0.717, 1.165) is 16.5 Å². The summed E-state index contributed by atoms with van der Waals surface area (Å²) in [6.45, 7) is 2.01. The topological polar surface area (TPSA) is 37.3 Å². The first-order valence-corrected chi connectivity index (χ1v) is 5.32. The highest BCUT2D eigenvalue weighted by Gasteiger charge is 2.55. The van der Waals surface area contributed by atoms with Crippen molar-refractivity contribution in [1.29, 1.82) is 0 Å². The number of rotatable bonds is 2. The minimum Gasteiger partial charge on any atom is -0.481 e. The second kappa shape index (κ2) is 3.09. The van der Waals surface area contributed by atoms with Gasteiger partial charge in [0.25, 0.3) is 0 Å². The van der Waals surface area contributed by atoms with Crippen LogP contribution in [0.2, 0.25) is 0 Å². The van der Waals surface area contributed by atoms with Crippen LogP contribution in [0.4, 0.5) is 0 Å². The van der Waals surface area contributed by atoms with Crippen LogP contribution in [-0.2, 0) is 10.2 Å². The number of carbonyl (C=O) groups is 1. The zero-order chi connectivity index (χ0) is 10.3. The van der Waals surface area contributed by atoms with E-state index >= 15 is 0 Å². The fraction of sp³-hybridized carbons (Fsp3) is 0.364. The highest BCUT2D eigenvalue weighted by Crippen LogP contribution is 2.54. The van der Waals surface area contributed by atoms with E-state index in [-0.39, 0.29) is 11.3 Å². The molecular weight excluding hydrogens is 244 g/mol. The fourth-order valence-corrected chi connectivity index (χ4v) is 2.29. The molecule has 0 radical (unpaired) electrons. The van der Waals surface area contributed by atoms with Crippen molar-refractivity contribution in [2.45, 2.75) is 18.8 Å². The monoisotopic (exact) mass is 254 g/mol. The van der Waals surface area contributed by atoms with Crippen LogP contribution in [0.15, 0.2) is 28.7 Å². The molecule has 2 nitrogen and oxygen atoms in total. The Hall–Kier alpha value is -0.830. The molecule has 0 heterocycles. The van der Waals surface area contributed by atoms with Crippen molar-refractivity contribution >= 4 is 21.9 Å². The Kier molecular flexibility index (Phi) is 2.14. The summed E-state index contributed by atoms with van der Waals surface area (Å²) in [7, 11) is 0. The molecule has 1 aromatic carbocycles. The molecule has 2 atom stereocenters. The van der Waals surface area contributed by atoms with Crippen LogP contribution in [0.25, 0.3) is 0 Å². The van der Waals surface area contributed by atoms with Gasteiger partial charge in [0.05, 0.1) is 5.92 Å². The Morgan fingerprint density at radius 3 is 2.86 bits per heavy atom. The molecule has 0 saturated heterocycles. The van der Waals surface area contributed by atoms with Crippen molar-refractivity contribution in [3.63, 3.8) is 0 Å². The quantitative estimate of drug-likeness (QED) is 0.882. The first kappa shape index (κ1) is 9.71. The van der Waals surface area contributed by atoms with E-state index in [0.29, 0.717) is 0 Å². The van der Waals surface area contributed by atoms with E-state index < -0.39 is 5.97 Å². The molecule has 0 aliphatic heterocycles. The van der Waals surface area contributed by atoms with Gasteiger partial charge in [0, 0.05) is 9.89 Å². The van der Waals surface area contributed by atoms with E-state index in [1.165, 1.54) is 0 Å². The van der Waals surface area contributed by atoms with Gasteiger partial charge < -0.3 is 5.11 Å². The average Bonchev–Trinajstić information content (AvgIpc) is 2.80. The average molecular weight is 255 g/mol. The standard InChI is InChI=1S/C11H11BrO2/c1-11(6-9(11)10(13)14)7-3-2-4-8(12)5-7/h2-5,9H,6H2,1H3,(H,13,14). The number of benzene rings is 1. The molecule has 14 heavy (non-hydrogen) atoms. The van der Waals surface area contributed by atoms with Crippen molar-refractivity contribution in [1.82, 2.24) is 0 Å². The lowest BCUT2D eigenvalue weighted by molar-refractivity contribution is -0.138.